The van der Waals surface area contributed by atoms with E-state index in [0.717, 1.165) is 60.5 Å². The summed E-state index contributed by atoms with van der Waals surface area (Å²) < 4.78 is 45.6. The van der Waals surface area contributed by atoms with E-state index in [1.54, 1.807) is 6.26 Å². The van der Waals surface area contributed by atoms with Crippen LogP contribution in [0.25, 0.3) is 0 Å². The Hall–Kier alpha value is -2.42. The molecule has 1 aliphatic heterocycles. The summed E-state index contributed by atoms with van der Waals surface area (Å²) in [5.74, 6) is 2.12. The Kier molecular flexibility index (Phi) is 5.34. The van der Waals surface area contributed by atoms with Crippen LogP contribution in [-0.2, 0) is 18.5 Å². The monoisotopic (exact) mass is 408 g/mol. The predicted octanol–water partition coefficient (Wildman–Crippen LogP) is 4.83. The van der Waals surface area contributed by atoms with Gasteiger partial charge in [0.2, 0.25) is 5.95 Å². The number of hydrogen-bond acceptors (Lipinski definition) is 5. The molecule has 0 saturated carbocycles. The van der Waals surface area contributed by atoms with E-state index in [9.17, 15) is 13.2 Å². The molecule has 0 radical (unpaired) electrons. The molecule has 4 rings (SSSR count). The van der Waals surface area contributed by atoms with Gasteiger partial charge in [0.15, 0.2) is 5.16 Å². The first-order chi connectivity index (χ1) is 13.5. The molecule has 1 aliphatic rings. The lowest BCUT2D eigenvalue weighted by Gasteiger charge is -2.17. The first-order valence-corrected chi connectivity index (χ1v) is 9.99. The van der Waals surface area contributed by atoms with E-state index in [2.05, 4.69) is 15.1 Å². The molecule has 0 N–H and O–H groups in total. The Morgan fingerprint density at radius 2 is 1.79 bits per heavy atom. The smallest absolute Gasteiger partial charge is 0.416 e. The highest BCUT2D eigenvalue weighted by Crippen LogP contribution is 2.31. The molecule has 0 amide bonds. The summed E-state index contributed by atoms with van der Waals surface area (Å²) in [5, 5.41) is 9.41. The topological polar surface area (TPSA) is 47.1 Å². The molecule has 1 aromatic carbocycles. The summed E-state index contributed by atoms with van der Waals surface area (Å²) in [4.78, 5) is 2.21. The highest BCUT2D eigenvalue weighted by Gasteiger charge is 2.30. The highest BCUT2D eigenvalue weighted by atomic mass is 32.2. The van der Waals surface area contributed by atoms with Crippen LogP contribution in [0.5, 0.6) is 0 Å². The lowest BCUT2D eigenvalue weighted by atomic mass is 10.1. The zero-order valence-corrected chi connectivity index (χ0v) is 15.8. The van der Waals surface area contributed by atoms with Crippen molar-refractivity contribution < 1.29 is 17.6 Å². The Labute approximate surface area is 164 Å². The minimum absolute atomic E-state index is 0.508. The van der Waals surface area contributed by atoms with Crippen molar-refractivity contribution in [3.8, 4) is 0 Å². The molecule has 0 spiro atoms. The Morgan fingerprint density at radius 3 is 2.43 bits per heavy atom. The van der Waals surface area contributed by atoms with Gasteiger partial charge in [-0.15, -0.1) is 10.2 Å². The summed E-state index contributed by atoms with van der Waals surface area (Å²) in [6, 6.07) is 8.97. The van der Waals surface area contributed by atoms with Gasteiger partial charge in [-0.2, -0.15) is 13.2 Å². The third kappa shape index (κ3) is 4.19. The van der Waals surface area contributed by atoms with E-state index < -0.39 is 11.7 Å². The van der Waals surface area contributed by atoms with Crippen LogP contribution in [0.15, 0.2) is 52.2 Å². The van der Waals surface area contributed by atoms with E-state index in [4.69, 9.17) is 4.42 Å². The molecular formula is C19H19F3N4OS. The van der Waals surface area contributed by atoms with E-state index in [1.807, 2.05) is 16.7 Å². The van der Waals surface area contributed by atoms with Gasteiger partial charge >= 0.3 is 6.18 Å². The molecule has 0 bridgehead atoms. The third-order valence-electron chi connectivity index (χ3n) is 4.63. The third-order valence-corrected chi connectivity index (χ3v) is 5.67. The quantitative estimate of drug-likeness (QED) is 0.547. The molecule has 1 fully saturated rings. The van der Waals surface area contributed by atoms with Crippen LogP contribution in [0.1, 0.15) is 29.7 Å². The van der Waals surface area contributed by atoms with E-state index in [0.29, 0.717) is 12.3 Å². The molecule has 0 unspecified atom stereocenters. The van der Waals surface area contributed by atoms with Crippen LogP contribution in [0.3, 0.4) is 0 Å². The van der Waals surface area contributed by atoms with E-state index in [-0.39, 0.29) is 0 Å². The summed E-state index contributed by atoms with van der Waals surface area (Å²) in [6.07, 6.45) is -0.437. The Morgan fingerprint density at radius 1 is 1.04 bits per heavy atom. The van der Waals surface area contributed by atoms with E-state index in [1.165, 1.54) is 23.9 Å². The molecule has 3 aromatic rings. The molecular weight excluding hydrogens is 389 g/mol. The minimum atomic E-state index is -4.32. The first-order valence-electron chi connectivity index (χ1n) is 9.00. The SMILES string of the molecule is FC(F)(F)c1ccc(CSc2nnc(N3CCCC3)n2Cc2ccco2)cc1. The maximum Gasteiger partial charge on any atom is 0.416 e. The predicted molar refractivity (Wildman–Crippen MR) is 100 cm³/mol. The second kappa shape index (κ2) is 7.90. The van der Waals surface area contributed by atoms with Crippen LogP contribution >= 0.6 is 11.8 Å². The molecule has 3 heterocycles. The number of halogens is 3. The lowest BCUT2D eigenvalue weighted by molar-refractivity contribution is -0.137. The average molecular weight is 408 g/mol. The molecule has 9 heteroatoms. The number of rotatable bonds is 6. The fourth-order valence-corrected chi connectivity index (χ4v) is 4.06. The zero-order chi connectivity index (χ0) is 19.6. The second-order valence-electron chi connectivity index (χ2n) is 6.63. The Balaban J connectivity index is 1.52. The summed E-state index contributed by atoms with van der Waals surface area (Å²) >= 11 is 1.45. The van der Waals surface area contributed by atoms with Crippen LogP contribution in [0, 0.1) is 0 Å². The molecule has 1 saturated heterocycles. The fraction of sp³-hybridized carbons (Fsp3) is 0.368. The van der Waals surface area contributed by atoms with Gasteiger partial charge in [0.25, 0.3) is 0 Å². The van der Waals surface area contributed by atoms with Crippen LogP contribution in [0.2, 0.25) is 0 Å². The molecule has 2 aromatic heterocycles. The maximum atomic E-state index is 12.7. The van der Waals surface area contributed by atoms with Crippen molar-refractivity contribution in [1.29, 1.82) is 0 Å². The molecule has 0 aliphatic carbocycles. The maximum absolute atomic E-state index is 12.7. The number of anilines is 1. The van der Waals surface area contributed by atoms with Gasteiger partial charge in [0, 0.05) is 18.8 Å². The summed E-state index contributed by atoms with van der Waals surface area (Å²) in [5.41, 5.74) is 0.159. The van der Waals surface area contributed by atoms with Gasteiger partial charge in [0.1, 0.15) is 5.76 Å². The number of aromatic nitrogens is 3. The van der Waals surface area contributed by atoms with Gasteiger partial charge < -0.3 is 9.32 Å². The van der Waals surface area contributed by atoms with Crippen molar-refractivity contribution in [2.45, 2.75) is 36.5 Å². The van der Waals surface area contributed by atoms with Crippen molar-refractivity contribution in [2.75, 3.05) is 18.0 Å². The standard InChI is InChI=1S/C19H19F3N4OS/c20-19(21,22)15-7-5-14(6-8-15)13-28-18-24-23-17(25-9-1-2-10-25)26(18)12-16-4-3-11-27-16/h3-8,11H,1-2,9-10,12-13H2. The minimum Gasteiger partial charge on any atom is -0.467 e. The van der Waals surface area contributed by atoms with Crippen molar-refractivity contribution in [1.82, 2.24) is 14.8 Å². The fourth-order valence-electron chi connectivity index (χ4n) is 3.17. The van der Waals surface area contributed by atoms with E-state index >= 15 is 0 Å². The summed E-state index contributed by atoms with van der Waals surface area (Å²) in [6.45, 7) is 2.40. The highest BCUT2D eigenvalue weighted by molar-refractivity contribution is 7.98. The first kappa shape index (κ1) is 18.9. The molecule has 28 heavy (non-hydrogen) atoms. The lowest BCUT2D eigenvalue weighted by Crippen LogP contribution is -2.22. The number of alkyl halides is 3. The largest absolute Gasteiger partial charge is 0.467 e. The number of hydrogen-bond donors (Lipinski definition) is 0. The number of furan rings is 1. The molecule has 148 valence electrons. The van der Waals surface area contributed by atoms with Crippen LogP contribution < -0.4 is 4.90 Å². The normalized spacial score (nSPS) is 14.8. The van der Waals surface area contributed by atoms with Gasteiger partial charge in [-0.05, 0) is 42.7 Å². The van der Waals surface area contributed by atoms with Crippen molar-refractivity contribution in [3.63, 3.8) is 0 Å². The number of benzene rings is 1. The van der Waals surface area contributed by atoms with Gasteiger partial charge in [-0.1, -0.05) is 23.9 Å². The van der Waals surface area contributed by atoms with Gasteiger partial charge in [0.05, 0.1) is 18.4 Å². The van der Waals surface area contributed by atoms with Crippen LogP contribution in [0.4, 0.5) is 19.1 Å². The van der Waals surface area contributed by atoms with Gasteiger partial charge in [-0.25, -0.2) is 0 Å². The van der Waals surface area contributed by atoms with Gasteiger partial charge in [-0.3, -0.25) is 4.57 Å². The average Bonchev–Trinajstić information content (AvgIpc) is 3.42. The number of thioether (sulfide) groups is 1. The molecule has 5 nitrogen and oxygen atoms in total. The van der Waals surface area contributed by atoms with Crippen molar-refractivity contribution in [2.24, 2.45) is 0 Å². The van der Waals surface area contributed by atoms with Crippen molar-refractivity contribution >= 4 is 17.7 Å². The molecule has 0 atom stereocenters. The van der Waals surface area contributed by atoms with Crippen LogP contribution in [-0.4, -0.2) is 27.9 Å². The Bertz CT molecular complexity index is 900. The summed E-state index contributed by atoms with van der Waals surface area (Å²) in [7, 11) is 0. The zero-order valence-electron chi connectivity index (χ0n) is 15.0. The number of nitrogens with zero attached hydrogens (tertiary/aromatic N) is 4. The van der Waals surface area contributed by atoms with Crippen molar-refractivity contribution in [3.05, 3.63) is 59.5 Å². The second-order valence-corrected chi connectivity index (χ2v) is 7.57.